The lowest BCUT2D eigenvalue weighted by Gasteiger charge is -2.43. The minimum atomic E-state index is -1.86. The van der Waals surface area contributed by atoms with E-state index in [0.29, 0.717) is 13.1 Å². The molecule has 1 fully saturated rings. The minimum absolute atomic E-state index is 0.0137. The Hall–Kier alpha value is -0.890. The summed E-state index contributed by atoms with van der Waals surface area (Å²) in [5, 5.41) is 27.0. The van der Waals surface area contributed by atoms with Crippen molar-refractivity contribution >= 4 is 6.09 Å². The van der Waals surface area contributed by atoms with Crippen molar-refractivity contribution in [3.63, 3.8) is 0 Å². The molecule has 0 saturated carbocycles. The predicted molar refractivity (Wildman–Crippen MR) is 47.4 cm³/mol. The summed E-state index contributed by atoms with van der Waals surface area (Å²) < 4.78 is 0. The third-order valence-electron chi connectivity index (χ3n) is 2.21. The molecule has 0 aromatic heterocycles. The fourth-order valence-corrected chi connectivity index (χ4v) is 1.52. The van der Waals surface area contributed by atoms with Crippen LogP contribution in [-0.2, 0) is 0 Å². The van der Waals surface area contributed by atoms with Gasteiger partial charge in [-0.2, -0.15) is 0 Å². The van der Waals surface area contributed by atoms with Crippen molar-refractivity contribution in [2.24, 2.45) is 5.73 Å². The second kappa shape index (κ2) is 4.09. The fraction of sp³-hybridized carbons (Fsp3) is 0.857. The van der Waals surface area contributed by atoms with E-state index < -0.39 is 11.9 Å². The lowest BCUT2D eigenvalue weighted by Crippen LogP contribution is -2.68. The van der Waals surface area contributed by atoms with Gasteiger partial charge in [0.05, 0.1) is 13.2 Å². The van der Waals surface area contributed by atoms with Crippen LogP contribution in [0.5, 0.6) is 0 Å². The molecule has 1 atom stereocenters. The van der Waals surface area contributed by atoms with Crippen LogP contribution in [0.1, 0.15) is 0 Å². The van der Waals surface area contributed by atoms with Gasteiger partial charge in [0.2, 0.25) is 5.85 Å². The van der Waals surface area contributed by atoms with Gasteiger partial charge in [-0.1, -0.05) is 0 Å². The van der Waals surface area contributed by atoms with E-state index in [1.807, 2.05) is 0 Å². The largest absolute Gasteiger partial charge is 0.465 e. The Labute approximate surface area is 81.3 Å². The predicted octanol–water partition coefficient (Wildman–Crippen LogP) is -2.12. The number of carbonyl (C=O) groups is 1. The van der Waals surface area contributed by atoms with Crippen LogP contribution in [0, 0.1) is 0 Å². The molecule has 1 aliphatic heterocycles. The van der Waals surface area contributed by atoms with Gasteiger partial charge in [-0.3, -0.25) is 15.5 Å². The monoisotopic (exact) mass is 205 g/mol. The molecule has 1 heterocycles. The Morgan fingerprint density at radius 1 is 1.50 bits per heavy atom. The topological polar surface area (TPSA) is 110 Å². The third-order valence-corrected chi connectivity index (χ3v) is 2.21. The number of aliphatic hydroxyl groups is 2. The van der Waals surface area contributed by atoms with Gasteiger partial charge < -0.3 is 15.3 Å². The summed E-state index contributed by atoms with van der Waals surface area (Å²) >= 11 is 0. The molecular formula is C7H15N3O4. The number of hydrogen-bond acceptors (Lipinski definition) is 5. The molecule has 1 rings (SSSR count). The third kappa shape index (κ3) is 2.32. The van der Waals surface area contributed by atoms with Gasteiger partial charge in [0, 0.05) is 19.6 Å². The average Bonchev–Trinajstić information content (AvgIpc) is 2.01. The molecule has 0 spiro atoms. The van der Waals surface area contributed by atoms with Gasteiger partial charge in [-0.15, -0.1) is 0 Å². The summed E-state index contributed by atoms with van der Waals surface area (Å²) in [6.07, 6.45) is -1.24. The number of β-amino-alcohol motifs (C(OH)–C–C–N with tert-alkyl or cyclic N) is 2. The molecule has 0 radical (unpaired) electrons. The van der Waals surface area contributed by atoms with E-state index in [1.165, 1.54) is 0 Å². The van der Waals surface area contributed by atoms with Crippen LogP contribution < -0.4 is 5.73 Å². The molecule has 0 aliphatic carbocycles. The first kappa shape index (κ1) is 11.2. The Bertz CT molecular complexity index is 221. The van der Waals surface area contributed by atoms with E-state index in [-0.39, 0.29) is 19.7 Å². The number of aliphatic hydroxyl groups excluding tert-OH is 1. The van der Waals surface area contributed by atoms with Crippen molar-refractivity contribution in [1.82, 2.24) is 9.80 Å². The van der Waals surface area contributed by atoms with Crippen LogP contribution in [0.4, 0.5) is 4.79 Å². The van der Waals surface area contributed by atoms with Gasteiger partial charge in [0.15, 0.2) is 0 Å². The zero-order chi connectivity index (χ0) is 10.8. The molecule has 82 valence electrons. The molecule has 7 heteroatoms. The van der Waals surface area contributed by atoms with Crippen molar-refractivity contribution in [3.05, 3.63) is 0 Å². The molecular weight excluding hydrogens is 190 g/mol. The van der Waals surface area contributed by atoms with E-state index in [4.69, 9.17) is 15.9 Å². The summed E-state index contributed by atoms with van der Waals surface area (Å²) in [7, 11) is 0. The molecule has 7 nitrogen and oxygen atoms in total. The number of nitrogens with zero attached hydrogens (tertiary/aromatic N) is 2. The van der Waals surface area contributed by atoms with Crippen LogP contribution in [-0.4, -0.2) is 69.8 Å². The molecule has 5 N–H and O–H groups in total. The van der Waals surface area contributed by atoms with Crippen LogP contribution in [0.15, 0.2) is 0 Å². The zero-order valence-electron chi connectivity index (χ0n) is 7.76. The molecule has 1 amide bonds. The number of carboxylic acid groups (broad SMARTS) is 1. The minimum Gasteiger partial charge on any atom is -0.465 e. The first-order chi connectivity index (χ1) is 6.47. The molecule has 1 saturated heterocycles. The quantitative estimate of drug-likeness (QED) is 0.384. The Morgan fingerprint density at radius 2 is 2.14 bits per heavy atom. The SMILES string of the molecule is N[C@@]1(O)CN(CCO)CCN1C(=O)O. The smallest absolute Gasteiger partial charge is 0.410 e. The van der Waals surface area contributed by atoms with Gasteiger partial charge in [0.1, 0.15) is 0 Å². The van der Waals surface area contributed by atoms with E-state index in [1.54, 1.807) is 4.90 Å². The maximum atomic E-state index is 10.7. The van der Waals surface area contributed by atoms with E-state index in [9.17, 15) is 9.90 Å². The highest BCUT2D eigenvalue weighted by molar-refractivity contribution is 5.65. The van der Waals surface area contributed by atoms with Crippen LogP contribution in [0.25, 0.3) is 0 Å². The lowest BCUT2D eigenvalue weighted by molar-refractivity contribution is -0.131. The molecule has 0 aromatic carbocycles. The molecule has 0 unspecified atom stereocenters. The Morgan fingerprint density at radius 3 is 2.57 bits per heavy atom. The van der Waals surface area contributed by atoms with E-state index in [0.717, 1.165) is 4.90 Å². The van der Waals surface area contributed by atoms with Crippen molar-refractivity contribution in [2.75, 3.05) is 32.8 Å². The summed E-state index contributed by atoms with van der Waals surface area (Å²) in [6, 6.07) is 0. The molecule has 14 heavy (non-hydrogen) atoms. The summed E-state index contributed by atoms with van der Waals surface area (Å²) in [5.74, 6) is -1.86. The number of piperazine rings is 1. The second-order valence-electron chi connectivity index (χ2n) is 3.31. The molecule has 0 aromatic rings. The van der Waals surface area contributed by atoms with Gasteiger partial charge in [-0.05, 0) is 0 Å². The molecule has 1 aliphatic rings. The van der Waals surface area contributed by atoms with Crippen molar-refractivity contribution in [1.29, 1.82) is 0 Å². The maximum absolute atomic E-state index is 10.7. The first-order valence-electron chi connectivity index (χ1n) is 4.32. The number of hydrogen-bond donors (Lipinski definition) is 4. The van der Waals surface area contributed by atoms with Crippen molar-refractivity contribution in [3.8, 4) is 0 Å². The number of nitrogens with two attached hydrogens (primary N) is 1. The number of amides is 1. The first-order valence-corrected chi connectivity index (χ1v) is 4.32. The van der Waals surface area contributed by atoms with Gasteiger partial charge in [0.25, 0.3) is 0 Å². The van der Waals surface area contributed by atoms with Gasteiger partial charge in [-0.25, -0.2) is 4.79 Å². The van der Waals surface area contributed by atoms with Crippen LogP contribution in [0.2, 0.25) is 0 Å². The number of rotatable bonds is 2. The van der Waals surface area contributed by atoms with Gasteiger partial charge >= 0.3 is 6.09 Å². The van der Waals surface area contributed by atoms with E-state index >= 15 is 0 Å². The normalized spacial score (nSPS) is 29.2. The van der Waals surface area contributed by atoms with Crippen molar-refractivity contribution < 1.29 is 20.1 Å². The summed E-state index contributed by atoms with van der Waals surface area (Å²) in [5.41, 5.74) is 5.42. The van der Waals surface area contributed by atoms with Crippen LogP contribution in [0.3, 0.4) is 0 Å². The van der Waals surface area contributed by atoms with Crippen molar-refractivity contribution in [2.45, 2.75) is 5.85 Å². The summed E-state index contributed by atoms with van der Waals surface area (Å²) in [6.45, 7) is 0.963. The maximum Gasteiger partial charge on any atom is 0.410 e. The lowest BCUT2D eigenvalue weighted by atomic mass is 10.2. The summed E-state index contributed by atoms with van der Waals surface area (Å²) in [4.78, 5) is 13.2. The van der Waals surface area contributed by atoms with Crippen LogP contribution >= 0.6 is 0 Å². The highest BCUT2D eigenvalue weighted by atomic mass is 16.4. The zero-order valence-corrected chi connectivity index (χ0v) is 7.76. The Balaban J connectivity index is 2.60. The molecule has 0 bridgehead atoms. The Kier molecular flexibility index (Phi) is 3.27. The standard InChI is InChI=1S/C7H15N3O4/c8-7(14)5-9(3-4-11)1-2-10(7)6(12)13/h11,14H,1-5,8H2,(H,12,13)/t7-/m0/s1. The highest BCUT2D eigenvalue weighted by Gasteiger charge is 2.39. The average molecular weight is 205 g/mol. The van der Waals surface area contributed by atoms with E-state index in [2.05, 4.69) is 0 Å². The fourth-order valence-electron chi connectivity index (χ4n) is 1.52. The highest BCUT2D eigenvalue weighted by Crippen LogP contribution is 2.13. The second-order valence-corrected chi connectivity index (χ2v) is 3.31.